The first-order valence-electron chi connectivity index (χ1n) is 9.33. The molecule has 1 aromatic heterocycles. The molecule has 2 rings (SSSR count). The summed E-state index contributed by atoms with van der Waals surface area (Å²) in [6.07, 6.45) is 0.970. The van der Waals surface area contributed by atoms with E-state index >= 15 is 0 Å². The molecular formula is C20H30N4O2S. The minimum Gasteiger partial charge on any atom is -0.491 e. The third-order valence-corrected chi connectivity index (χ3v) is 4.90. The standard InChI is InChI=1S/C20H30N4O2S/c1-5-19-24-17(14-27-19)13-23-20(21-6-2)22-12-16-8-7-15(3)11-18(16)26-10-9-25-4/h7-8,11,14H,5-6,9-10,12-13H2,1-4H3,(H2,21,22,23). The maximum atomic E-state index is 5.85. The summed E-state index contributed by atoms with van der Waals surface area (Å²) in [6, 6.07) is 6.19. The van der Waals surface area contributed by atoms with Gasteiger partial charge in [-0.2, -0.15) is 0 Å². The molecule has 7 heteroatoms. The number of nitrogens with zero attached hydrogens (tertiary/aromatic N) is 2. The zero-order chi connectivity index (χ0) is 19.5. The SMILES string of the molecule is CCNC(=NCc1ccc(C)cc1OCCOC)NCc1csc(CC)n1. The lowest BCUT2D eigenvalue weighted by Gasteiger charge is -2.13. The predicted octanol–water partition coefficient (Wildman–Crippen LogP) is 3.29. The van der Waals surface area contributed by atoms with E-state index in [0.29, 0.717) is 26.3 Å². The number of aliphatic imine (C=N–C) groups is 1. The number of aromatic nitrogens is 1. The molecule has 27 heavy (non-hydrogen) atoms. The van der Waals surface area contributed by atoms with Crippen molar-refractivity contribution < 1.29 is 9.47 Å². The maximum absolute atomic E-state index is 5.85. The molecule has 0 aliphatic carbocycles. The van der Waals surface area contributed by atoms with Crippen LogP contribution in [0.1, 0.15) is 35.7 Å². The number of ether oxygens (including phenoxy) is 2. The van der Waals surface area contributed by atoms with E-state index in [0.717, 1.165) is 46.5 Å². The second kappa shape index (κ2) is 11.6. The molecule has 0 atom stereocenters. The molecule has 0 bridgehead atoms. The molecule has 0 radical (unpaired) electrons. The van der Waals surface area contributed by atoms with Crippen LogP contribution in [0.3, 0.4) is 0 Å². The van der Waals surface area contributed by atoms with Gasteiger partial charge in [-0.15, -0.1) is 11.3 Å². The molecule has 0 amide bonds. The average molecular weight is 391 g/mol. The highest BCUT2D eigenvalue weighted by molar-refractivity contribution is 7.09. The Labute approximate surface area is 166 Å². The molecule has 148 valence electrons. The van der Waals surface area contributed by atoms with Crippen LogP contribution < -0.4 is 15.4 Å². The lowest BCUT2D eigenvalue weighted by Crippen LogP contribution is -2.36. The van der Waals surface area contributed by atoms with Crippen LogP contribution in [-0.4, -0.2) is 37.8 Å². The quantitative estimate of drug-likeness (QED) is 0.370. The van der Waals surface area contributed by atoms with Crippen LogP contribution in [0.5, 0.6) is 5.75 Å². The van der Waals surface area contributed by atoms with Crippen molar-refractivity contribution >= 4 is 17.3 Å². The topological polar surface area (TPSA) is 67.8 Å². The van der Waals surface area contributed by atoms with Gasteiger partial charge in [0, 0.05) is 24.6 Å². The smallest absolute Gasteiger partial charge is 0.191 e. The Bertz CT molecular complexity index is 731. The van der Waals surface area contributed by atoms with E-state index in [4.69, 9.17) is 14.5 Å². The number of rotatable bonds is 10. The zero-order valence-electron chi connectivity index (χ0n) is 16.7. The van der Waals surface area contributed by atoms with E-state index < -0.39 is 0 Å². The van der Waals surface area contributed by atoms with Crippen LogP contribution in [-0.2, 0) is 24.2 Å². The summed E-state index contributed by atoms with van der Waals surface area (Å²) in [7, 11) is 1.67. The summed E-state index contributed by atoms with van der Waals surface area (Å²) >= 11 is 1.70. The molecule has 0 saturated heterocycles. The molecule has 0 spiro atoms. The van der Waals surface area contributed by atoms with Crippen molar-refractivity contribution in [3.63, 3.8) is 0 Å². The van der Waals surface area contributed by atoms with Gasteiger partial charge in [-0.25, -0.2) is 9.98 Å². The summed E-state index contributed by atoms with van der Waals surface area (Å²) in [6.45, 7) is 9.32. The Kier molecular flexibility index (Phi) is 9.07. The maximum Gasteiger partial charge on any atom is 0.191 e. The number of hydrogen-bond donors (Lipinski definition) is 2. The van der Waals surface area contributed by atoms with Crippen LogP contribution in [0.2, 0.25) is 0 Å². The molecule has 1 aromatic carbocycles. The third-order valence-electron chi connectivity index (χ3n) is 3.86. The van der Waals surface area contributed by atoms with Gasteiger partial charge in [-0.1, -0.05) is 19.1 Å². The van der Waals surface area contributed by atoms with E-state index in [9.17, 15) is 0 Å². The Morgan fingerprint density at radius 3 is 2.78 bits per heavy atom. The fourth-order valence-corrected chi connectivity index (χ4v) is 3.18. The lowest BCUT2D eigenvalue weighted by molar-refractivity contribution is 0.145. The summed E-state index contributed by atoms with van der Waals surface area (Å²) in [5, 5.41) is 9.88. The van der Waals surface area contributed by atoms with Gasteiger partial charge in [-0.05, 0) is 31.9 Å². The Morgan fingerprint density at radius 2 is 2.07 bits per heavy atom. The van der Waals surface area contributed by atoms with Gasteiger partial charge < -0.3 is 20.1 Å². The first-order chi connectivity index (χ1) is 13.2. The van der Waals surface area contributed by atoms with Crippen LogP contribution in [0.25, 0.3) is 0 Å². The fourth-order valence-electron chi connectivity index (χ4n) is 2.43. The van der Waals surface area contributed by atoms with E-state index in [1.165, 1.54) is 0 Å². The second-order valence-electron chi connectivity index (χ2n) is 6.09. The van der Waals surface area contributed by atoms with E-state index in [1.54, 1.807) is 18.4 Å². The Balaban J connectivity index is 2.02. The second-order valence-corrected chi connectivity index (χ2v) is 7.03. The third kappa shape index (κ3) is 7.19. The summed E-state index contributed by atoms with van der Waals surface area (Å²) in [4.78, 5) is 9.29. The predicted molar refractivity (Wildman–Crippen MR) is 112 cm³/mol. The highest BCUT2D eigenvalue weighted by Gasteiger charge is 2.06. The van der Waals surface area contributed by atoms with Gasteiger partial charge >= 0.3 is 0 Å². The lowest BCUT2D eigenvalue weighted by atomic mass is 10.1. The minimum atomic E-state index is 0.526. The molecule has 0 aliphatic heterocycles. The normalized spacial score (nSPS) is 11.5. The van der Waals surface area contributed by atoms with Gasteiger partial charge in [0.1, 0.15) is 12.4 Å². The summed E-state index contributed by atoms with van der Waals surface area (Å²) in [5.41, 5.74) is 3.26. The Hall–Kier alpha value is -2.12. The zero-order valence-corrected chi connectivity index (χ0v) is 17.5. The van der Waals surface area contributed by atoms with Crippen molar-refractivity contribution in [1.82, 2.24) is 15.6 Å². The van der Waals surface area contributed by atoms with Crippen molar-refractivity contribution in [1.29, 1.82) is 0 Å². The van der Waals surface area contributed by atoms with E-state index in [2.05, 4.69) is 53.9 Å². The van der Waals surface area contributed by atoms with Crippen LogP contribution in [0, 0.1) is 6.92 Å². The van der Waals surface area contributed by atoms with E-state index in [1.807, 2.05) is 6.07 Å². The molecule has 2 N–H and O–H groups in total. The van der Waals surface area contributed by atoms with Gasteiger partial charge in [0.05, 0.1) is 30.4 Å². The number of hydrogen-bond acceptors (Lipinski definition) is 5. The van der Waals surface area contributed by atoms with Crippen molar-refractivity contribution in [2.45, 2.75) is 40.3 Å². The van der Waals surface area contributed by atoms with E-state index in [-0.39, 0.29) is 0 Å². The van der Waals surface area contributed by atoms with Crippen molar-refractivity contribution in [2.24, 2.45) is 4.99 Å². The molecular weight excluding hydrogens is 360 g/mol. The number of nitrogens with one attached hydrogen (secondary N) is 2. The first kappa shape index (κ1) is 21.2. The molecule has 1 heterocycles. The highest BCUT2D eigenvalue weighted by Crippen LogP contribution is 2.21. The van der Waals surface area contributed by atoms with Crippen molar-refractivity contribution in [3.05, 3.63) is 45.4 Å². The van der Waals surface area contributed by atoms with Crippen molar-refractivity contribution in [3.8, 4) is 5.75 Å². The molecule has 0 aliphatic rings. The largest absolute Gasteiger partial charge is 0.491 e. The summed E-state index contributed by atoms with van der Waals surface area (Å²) in [5.74, 6) is 1.63. The summed E-state index contributed by atoms with van der Waals surface area (Å²) < 4.78 is 10.9. The number of guanidine groups is 1. The number of methoxy groups -OCH3 is 1. The van der Waals surface area contributed by atoms with Crippen LogP contribution in [0.15, 0.2) is 28.6 Å². The molecule has 0 unspecified atom stereocenters. The molecule has 6 nitrogen and oxygen atoms in total. The van der Waals surface area contributed by atoms with Gasteiger partial charge in [0.15, 0.2) is 5.96 Å². The first-order valence-corrected chi connectivity index (χ1v) is 10.2. The van der Waals surface area contributed by atoms with Gasteiger partial charge in [0.2, 0.25) is 0 Å². The van der Waals surface area contributed by atoms with Crippen LogP contribution in [0.4, 0.5) is 0 Å². The van der Waals surface area contributed by atoms with Crippen LogP contribution >= 0.6 is 11.3 Å². The van der Waals surface area contributed by atoms with Gasteiger partial charge in [-0.3, -0.25) is 0 Å². The minimum absolute atomic E-state index is 0.526. The van der Waals surface area contributed by atoms with Crippen molar-refractivity contribution in [2.75, 3.05) is 26.9 Å². The highest BCUT2D eigenvalue weighted by atomic mass is 32.1. The number of benzene rings is 1. The number of thiazole rings is 1. The average Bonchev–Trinajstić information content (AvgIpc) is 3.13. The molecule has 0 fully saturated rings. The monoisotopic (exact) mass is 390 g/mol. The fraction of sp³-hybridized carbons (Fsp3) is 0.500. The molecule has 0 saturated carbocycles. The Morgan fingerprint density at radius 1 is 1.22 bits per heavy atom. The number of aryl methyl sites for hydroxylation is 2. The van der Waals surface area contributed by atoms with Gasteiger partial charge in [0.25, 0.3) is 0 Å². The molecule has 2 aromatic rings.